The topological polar surface area (TPSA) is 45.9 Å². The molecule has 0 saturated carbocycles. The van der Waals surface area contributed by atoms with Gasteiger partial charge in [0, 0.05) is 6.04 Å². The van der Waals surface area contributed by atoms with Crippen molar-refractivity contribution in [3.63, 3.8) is 0 Å². The average molecular weight is 102 g/mol. The predicted octanol–water partition coefficient (Wildman–Crippen LogP) is 0.543. The lowest BCUT2D eigenvalue weighted by Crippen LogP contribution is -2.29. The Labute approximate surface area is 44.3 Å². The lowest BCUT2D eigenvalue weighted by atomic mass is 10.1. The summed E-state index contributed by atoms with van der Waals surface area (Å²) in [4.78, 5) is 0. The van der Waals surface area contributed by atoms with Gasteiger partial charge in [-0.1, -0.05) is 6.92 Å². The van der Waals surface area contributed by atoms with Crippen LogP contribution in [0.5, 0.6) is 0 Å². The number of hydrogen-bond acceptors (Lipinski definition) is 1. The van der Waals surface area contributed by atoms with Crippen LogP contribution < -0.4 is 5.73 Å². The lowest BCUT2D eigenvalue weighted by Gasteiger charge is -2.06. The molecule has 0 rings (SSSR count). The molecular weight excluding hydrogens is 90.1 g/mol. The van der Waals surface area contributed by atoms with E-state index >= 15 is 0 Å². The molecule has 0 aliphatic carbocycles. The van der Waals surface area contributed by atoms with Gasteiger partial charge in [0.15, 0.2) is 0 Å². The molecule has 1 radical (unpaired) electrons. The van der Waals surface area contributed by atoms with Gasteiger partial charge in [0.25, 0.3) is 0 Å². The first-order valence-corrected chi connectivity index (χ1v) is 2.60. The van der Waals surface area contributed by atoms with E-state index in [-0.39, 0.29) is 6.04 Å². The summed E-state index contributed by atoms with van der Waals surface area (Å²) in [5.41, 5.74) is 5.23. The van der Waals surface area contributed by atoms with Crippen LogP contribution in [0.4, 0.5) is 0 Å². The van der Waals surface area contributed by atoms with Crippen LogP contribution in [0.25, 0.3) is 0 Å². The van der Waals surface area contributed by atoms with Gasteiger partial charge >= 0.3 is 0 Å². The van der Waals surface area contributed by atoms with E-state index in [1.165, 1.54) is 0 Å². The Morgan fingerprint density at radius 1 is 1.71 bits per heavy atom. The SMILES string of the molecule is CCC([O])C(C)N. The molecular formula is C5H12NO. The van der Waals surface area contributed by atoms with Crippen molar-refractivity contribution in [2.24, 2.45) is 5.73 Å². The molecule has 0 heterocycles. The molecule has 0 spiro atoms. The quantitative estimate of drug-likeness (QED) is 0.543. The summed E-state index contributed by atoms with van der Waals surface area (Å²) in [6, 6.07) is -0.190. The first-order valence-electron chi connectivity index (χ1n) is 2.60. The molecule has 43 valence electrons. The summed E-state index contributed by atoms with van der Waals surface area (Å²) in [7, 11) is 0. The fourth-order valence-corrected chi connectivity index (χ4v) is 0.372. The van der Waals surface area contributed by atoms with E-state index < -0.39 is 6.10 Å². The average Bonchev–Trinajstić information content (AvgIpc) is 1.65. The van der Waals surface area contributed by atoms with Crippen molar-refractivity contribution in [2.75, 3.05) is 0 Å². The van der Waals surface area contributed by atoms with Crippen molar-refractivity contribution in [1.82, 2.24) is 0 Å². The maximum atomic E-state index is 10.5. The van der Waals surface area contributed by atoms with Crippen LogP contribution in [-0.4, -0.2) is 12.1 Å². The molecule has 0 saturated heterocycles. The summed E-state index contributed by atoms with van der Waals surface area (Å²) in [5, 5.41) is 10.5. The van der Waals surface area contributed by atoms with Crippen molar-refractivity contribution < 1.29 is 5.11 Å². The smallest absolute Gasteiger partial charge is 0.107 e. The van der Waals surface area contributed by atoms with Crippen LogP contribution in [-0.2, 0) is 5.11 Å². The standard InChI is InChI=1S/C5H12NO/c1-3-5(7)4(2)6/h4-5H,3,6H2,1-2H3. The third-order valence-corrected chi connectivity index (χ3v) is 0.989. The third kappa shape index (κ3) is 2.60. The Bertz CT molecular complexity index is 45.3. The van der Waals surface area contributed by atoms with Crippen LogP contribution in [0.3, 0.4) is 0 Å². The van der Waals surface area contributed by atoms with Crippen molar-refractivity contribution in [3.8, 4) is 0 Å². The number of hydrogen-bond donors (Lipinski definition) is 1. The van der Waals surface area contributed by atoms with E-state index in [2.05, 4.69) is 0 Å². The van der Waals surface area contributed by atoms with E-state index in [9.17, 15) is 5.11 Å². The molecule has 2 unspecified atom stereocenters. The Kier molecular flexibility index (Phi) is 2.96. The van der Waals surface area contributed by atoms with E-state index in [1.807, 2.05) is 6.92 Å². The largest absolute Gasteiger partial charge is 0.326 e. The summed E-state index contributed by atoms with van der Waals surface area (Å²) < 4.78 is 0. The maximum absolute atomic E-state index is 10.5. The molecule has 2 atom stereocenters. The highest BCUT2D eigenvalue weighted by molar-refractivity contribution is 4.62. The van der Waals surface area contributed by atoms with E-state index in [0.29, 0.717) is 6.42 Å². The van der Waals surface area contributed by atoms with Gasteiger partial charge in [-0.25, -0.2) is 5.11 Å². The second-order valence-corrected chi connectivity index (χ2v) is 1.81. The van der Waals surface area contributed by atoms with Crippen molar-refractivity contribution in [1.29, 1.82) is 0 Å². The molecule has 2 nitrogen and oxygen atoms in total. The summed E-state index contributed by atoms with van der Waals surface area (Å²) >= 11 is 0. The molecule has 0 aliphatic rings. The minimum absolute atomic E-state index is 0.190. The maximum Gasteiger partial charge on any atom is 0.107 e. The van der Waals surface area contributed by atoms with Crippen LogP contribution in [0.1, 0.15) is 20.3 Å². The number of rotatable bonds is 2. The van der Waals surface area contributed by atoms with E-state index in [4.69, 9.17) is 5.73 Å². The molecule has 0 amide bonds. The molecule has 0 aromatic heterocycles. The summed E-state index contributed by atoms with van der Waals surface area (Å²) in [5.74, 6) is 0. The van der Waals surface area contributed by atoms with E-state index in [1.54, 1.807) is 6.92 Å². The van der Waals surface area contributed by atoms with Gasteiger partial charge < -0.3 is 5.73 Å². The van der Waals surface area contributed by atoms with Crippen LogP contribution in [0, 0.1) is 0 Å². The first kappa shape index (κ1) is 6.92. The zero-order chi connectivity index (χ0) is 5.86. The highest BCUT2D eigenvalue weighted by atomic mass is 16.3. The molecule has 0 bridgehead atoms. The molecule has 0 fully saturated rings. The van der Waals surface area contributed by atoms with Crippen LogP contribution in [0.2, 0.25) is 0 Å². The highest BCUT2D eigenvalue weighted by Gasteiger charge is 2.06. The minimum Gasteiger partial charge on any atom is -0.326 e. The van der Waals surface area contributed by atoms with Gasteiger partial charge in [-0.3, -0.25) is 0 Å². The first-order chi connectivity index (χ1) is 3.18. The molecule has 0 aromatic carbocycles. The van der Waals surface area contributed by atoms with Gasteiger partial charge in [0.2, 0.25) is 0 Å². The van der Waals surface area contributed by atoms with E-state index in [0.717, 1.165) is 0 Å². The monoisotopic (exact) mass is 102 g/mol. The zero-order valence-electron chi connectivity index (χ0n) is 4.85. The molecule has 0 aliphatic heterocycles. The fourth-order valence-electron chi connectivity index (χ4n) is 0.372. The predicted molar refractivity (Wildman–Crippen MR) is 28.4 cm³/mol. The number of nitrogens with two attached hydrogens (primary N) is 1. The van der Waals surface area contributed by atoms with Gasteiger partial charge in [0.05, 0.1) is 0 Å². The van der Waals surface area contributed by atoms with Gasteiger partial charge in [-0.2, -0.15) is 0 Å². The fraction of sp³-hybridized carbons (Fsp3) is 1.00. The highest BCUT2D eigenvalue weighted by Crippen LogP contribution is 1.93. The second kappa shape index (κ2) is 2.99. The molecule has 7 heavy (non-hydrogen) atoms. The zero-order valence-corrected chi connectivity index (χ0v) is 4.85. The Balaban J connectivity index is 3.14. The van der Waals surface area contributed by atoms with Crippen molar-refractivity contribution in [3.05, 3.63) is 0 Å². The molecule has 2 N–H and O–H groups in total. The Morgan fingerprint density at radius 2 is 2.14 bits per heavy atom. The molecule has 0 aromatic rings. The normalized spacial score (nSPS) is 18.9. The van der Waals surface area contributed by atoms with Gasteiger partial charge in [-0.15, -0.1) is 0 Å². The molecule has 2 heteroatoms. The Hall–Kier alpha value is -0.0800. The third-order valence-electron chi connectivity index (χ3n) is 0.989. The minimum atomic E-state index is -0.569. The van der Waals surface area contributed by atoms with Gasteiger partial charge in [0.1, 0.15) is 6.10 Å². The summed E-state index contributed by atoms with van der Waals surface area (Å²) in [6.07, 6.45) is 0.0671. The summed E-state index contributed by atoms with van der Waals surface area (Å²) in [6.45, 7) is 3.59. The second-order valence-electron chi connectivity index (χ2n) is 1.81. The van der Waals surface area contributed by atoms with Crippen LogP contribution >= 0.6 is 0 Å². The van der Waals surface area contributed by atoms with Crippen molar-refractivity contribution in [2.45, 2.75) is 32.4 Å². The lowest BCUT2D eigenvalue weighted by molar-refractivity contribution is 0.0676. The van der Waals surface area contributed by atoms with Crippen LogP contribution in [0.15, 0.2) is 0 Å². The Morgan fingerprint density at radius 3 is 2.14 bits per heavy atom. The van der Waals surface area contributed by atoms with Gasteiger partial charge in [-0.05, 0) is 13.3 Å². The van der Waals surface area contributed by atoms with Crippen molar-refractivity contribution >= 4 is 0 Å².